The van der Waals surface area contributed by atoms with Gasteiger partial charge in [0.25, 0.3) is 0 Å². The third-order valence-corrected chi connectivity index (χ3v) is 6.22. The fourth-order valence-electron chi connectivity index (χ4n) is 2.30. The molecule has 2 rings (SSSR count). The van der Waals surface area contributed by atoms with Crippen molar-refractivity contribution in [2.75, 3.05) is 5.75 Å². The van der Waals surface area contributed by atoms with Gasteiger partial charge in [0.15, 0.2) is 9.84 Å². The molecule has 1 aromatic carbocycles. The van der Waals surface area contributed by atoms with Gasteiger partial charge in [-0.2, -0.15) is 0 Å². The smallest absolute Gasteiger partial charge is 0.156 e. The van der Waals surface area contributed by atoms with Crippen LogP contribution in [0.5, 0.6) is 0 Å². The first-order valence-electron chi connectivity index (χ1n) is 5.87. The van der Waals surface area contributed by atoms with E-state index < -0.39 is 32.8 Å². The predicted molar refractivity (Wildman–Crippen MR) is 70.4 cm³/mol. The molecule has 0 aromatic heterocycles. The largest absolute Gasteiger partial charge is 0.387 e. The molecule has 106 valence electrons. The molecule has 0 saturated carbocycles. The number of halogens is 3. The van der Waals surface area contributed by atoms with Crippen LogP contribution in [-0.4, -0.2) is 24.5 Å². The quantitative estimate of drug-likeness (QED) is 0.830. The molecule has 1 aliphatic rings. The van der Waals surface area contributed by atoms with E-state index in [1.54, 1.807) is 0 Å². The first-order chi connectivity index (χ1) is 8.83. The molecule has 0 spiro atoms. The lowest BCUT2D eigenvalue weighted by atomic mass is 10.0. The monoisotopic (exact) mass is 354 g/mol. The molecule has 1 fully saturated rings. The van der Waals surface area contributed by atoms with Crippen LogP contribution in [0.3, 0.4) is 0 Å². The second kappa shape index (κ2) is 5.46. The van der Waals surface area contributed by atoms with E-state index in [4.69, 9.17) is 0 Å². The number of hydrogen-bond acceptors (Lipinski definition) is 3. The Hall–Kier alpha value is -0.530. The fraction of sp³-hybridized carbons (Fsp3) is 0.500. The van der Waals surface area contributed by atoms with Crippen LogP contribution in [0.4, 0.5) is 8.78 Å². The number of benzene rings is 1. The molecule has 0 amide bonds. The Bertz CT molecular complexity index is 589. The van der Waals surface area contributed by atoms with Crippen LogP contribution in [0.1, 0.15) is 30.9 Å². The number of hydrogen-bond donors (Lipinski definition) is 1. The average Bonchev–Trinajstić information content (AvgIpc) is 2.32. The van der Waals surface area contributed by atoms with E-state index >= 15 is 0 Å². The molecule has 1 aliphatic heterocycles. The Kier molecular flexibility index (Phi) is 4.27. The number of rotatable bonds is 2. The number of aliphatic hydroxyl groups is 1. The minimum Gasteiger partial charge on any atom is -0.387 e. The maximum absolute atomic E-state index is 13.7. The van der Waals surface area contributed by atoms with Gasteiger partial charge in [-0.3, -0.25) is 0 Å². The van der Waals surface area contributed by atoms with Crippen LogP contribution < -0.4 is 0 Å². The first-order valence-corrected chi connectivity index (χ1v) is 8.38. The average molecular weight is 355 g/mol. The highest BCUT2D eigenvalue weighted by Crippen LogP contribution is 2.33. The third-order valence-electron chi connectivity index (χ3n) is 3.34. The lowest BCUT2D eigenvalue weighted by molar-refractivity contribution is 0.159. The van der Waals surface area contributed by atoms with Crippen LogP contribution in [-0.2, 0) is 9.84 Å². The normalized spacial score (nSPS) is 24.1. The van der Waals surface area contributed by atoms with E-state index in [1.165, 1.54) is 0 Å². The molecule has 2 unspecified atom stereocenters. The first kappa shape index (κ1) is 14.9. The minimum atomic E-state index is -3.46. The highest BCUT2D eigenvalue weighted by Gasteiger charge is 2.36. The molecule has 0 aliphatic carbocycles. The van der Waals surface area contributed by atoms with E-state index in [0.29, 0.717) is 12.8 Å². The number of sulfone groups is 1. The summed E-state index contributed by atoms with van der Waals surface area (Å²) in [4.78, 5) is 0. The molecule has 19 heavy (non-hydrogen) atoms. The highest BCUT2D eigenvalue weighted by molar-refractivity contribution is 9.10. The molecule has 7 heteroatoms. The van der Waals surface area contributed by atoms with Crippen molar-refractivity contribution in [2.45, 2.75) is 30.6 Å². The summed E-state index contributed by atoms with van der Waals surface area (Å²) in [6.45, 7) is 0. The standard InChI is InChI=1S/C12H13BrF2O3S/c13-8-6-9(14)7(5-10(8)15)12(16)11-3-1-2-4-19(11,17)18/h5-6,11-12,16H,1-4H2. The van der Waals surface area contributed by atoms with E-state index in [9.17, 15) is 22.3 Å². The molecule has 1 heterocycles. The van der Waals surface area contributed by atoms with E-state index in [-0.39, 0.29) is 22.2 Å². The summed E-state index contributed by atoms with van der Waals surface area (Å²) in [6.07, 6.45) is -0.0711. The van der Waals surface area contributed by atoms with Crippen molar-refractivity contribution in [3.05, 3.63) is 33.8 Å². The van der Waals surface area contributed by atoms with Crippen LogP contribution >= 0.6 is 15.9 Å². The van der Waals surface area contributed by atoms with Crippen molar-refractivity contribution >= 4 is 25.8 Å². The SMILES string of the molecule is O=S1(=O)CCCCC1C(O)c1cc(F)c(Br)cc1F. The van der Waals surface area contributed by atoms with Gasteiger partial charge in [0.1, 0.15) is 11.6 Å². The van der Waals surface area contributed by atoms with E-state index in [1.807, 2.05) is 0 Å². The second-order valence-electron chi connectivity index (χ2n) is 4.63. The maximum Gasteiger partial charge on any atom is 0.156 e. The Morgan fingerprint density at radius 3 is 2.58 bits per heavy atom. The van der Waals surface area contributed by atoms with Crippen molar-refractivity contribution in [1.82, 2.24) is 0 Å². The van der Waals surface area contributed by atoms with Gasteiger partial charge in [0.05, 0.1) is 21.6 Å². The van der Waals surface area contributed by atoms with Crippen molar-refractivity contribution in [1.29, 1.82) is 0 Å². The van der Waals surface area contributed by atoms with Crippen LogP contribution in [0.25, 0.3) is 0 Å². The van der Waals surface area contributed by atoms with Gasteiger partial charge in [-0.05, 0) is 40.9 Å². The topological polar surface area (TPSA) is 54.4 Å². The van der Waals surface area contributed by atoms with Crippen molar-refractivity contribution in [3.63, 3.8) is 0 Å². The highest BCUT2D eigenvalue weighted by atomic mass is 79.9. The van der Waals surface area contributed by atoms with E-state index in [0.717, 1.165) is 12.1 Å². The van der Waals surface area contributed by atoms with Crippen molar-refractivity contribution in [3.8, 4) is 0 Å². The summed E-state index contributed by atoms with van der Waals surface area (Å²) in [7, 11) is -3.46. The Morgan fingerprint density at radius 1 is 1.26 bits per heavy atom. The Morgan fingerprint density at radius 2 is 1.95 bits per heavy atom. The van der Waals surface area contributed by atoms with Gasteiger partial charge in [0.2, 0.25) is 0 Å². The Balaban J connectivity index is 2.39. The van der Waals surface area contributed by atoms with Gasteiger partial charge < -0.3 is 5.11 Å². The van der Waals surface area contributed by atoms with Crippen LogP contribution in [0.2, 0.25) is 0 Å². The summed E-state index contributed by atoms with van der Waals surface area (Å²) < 4.78 is 50.8. The molecule has 0 radical (unpaired) electrons. The number of aliphatic hydroxyl groups excluding tert-OH is 1. The van der Waals surface area contributed by atoms with Gasteiger partial charge in [-0.15, -0.1) is 0 Å². The lowest BCUT2D eigenvalue weighted by Crippen LogP contribution is -2.34. The third kappa shape index (κ3) is 2.98. The Labute approximate surface area is 118 Å². The maximum atomic E-state index is 13.7. The minimum absolute atomic E-state index is 0.0185. The summed E-state index contributed by atoms with van der Waals surface area (Å²) in [5.41, 5.74) is -0.309. The summed E-state index contributed by atoms with van der Waals surface area (Å²) in [5, 5.41) is 9.02. The molecular formula is C12H13BrF2O3S. The molecule has 1 saturated heterocycles. The summed E-state index contributed by atoms with van der Waals surface area (Å²) >= 11 is 2.83. The van der Waals surface area contributed by atoms with Gasteiger partial charge in [-0.1, -0.05) is 6.42 Å². The summed E-state index contributed by atoms with van der Waals surface area (Å²) in [6, 6.07) is 1.73. The van der Waals surface area contributed by atoms with Crippen molar-refractivity contribution in [2.24, 2.45) is 0 Å². The second-order valence-corrected chi connectivity index (χ2v) is 7.83. The molecule has 1 N–H and O–H groups in total. The lowest BCUT2D eigenvalue weighted by Gasteiger charge is -2.27. The van der Waals surface area contributed by atoms with Crippen LogP contribution in [0, 0.1) is 11.6 Å². The van der Waals surface area contributed by atoms with E-state index in [2.05, 4.69) is 15.9 Å². The van der Waals surface area contributed by atoms with Gasteiger partial charge in [0, 0.05) is 5.56 Å². The van der Waals surface area contributed by atoms with Crippen molar-refractivity contribution < 1.29 is 22.3 Å². The zero-order valence-corrected chi connectivity index (χ0v) is 12.3. The summed E-state index contributed by atoms with van der Waals surface area (Å²) in [5.74, 6) is -1.57. The molecule has 0 bridgehead atoms. The fourth-order valence-corrected chi connectivity index (χ4v) is 4.59. The zero-order valence-electron chi connectivity index (χ0n) is 9.94. The zero-order chi connectivity index (χ0) is 14.2. The van der Waals surface area contributed by atoms with Gasteiger partial charge >= 0.3 is 0 Å². The molecule has 1 aromatic rings. The predicted octanol–water partition coefficient (Wildman–Crippen LogP) is 2.73. The molecule has 3 nitrogen and oxygen atoms in total. The van der Waals surface area contributed by atoms with Gasteiger partial charge in [-0.25, -0.2) is 17.2 Å². The molecular weight excluding hydrogens is 342 g/mol. The van der Waals surface area contributed by atoms with Crippen LogP contribution in [0.15, 0.2) is 16.6 Å². The molecule has 2 atom stereocenters.